The number of carbonyl (C=O) groups excluding carboxylic acids is 2. The highest BCUT2D eigenvalue weighted by molar-refractivity contribution is 5.75. The monoisotopic (exact) mass is 450 g/mol. The Morgan fingerprint density at radius 3 is 1.64 bits per heavy atom. The number of benzene rings is 2. The van der Waals surface area contributed by atoms with Crippen LogP contribution < -0.4 is 0 Å². The molecule has 0 atom stereocenters. The predicted molar refractivity (Wildman–Crippen MR) is 121 cm³/mol. The van der Waals surface area contributed by atoms with Gasteiger partial charge in [-0.05, 0) is 62.1 Å². The average molecular weight is 450 g/mol. The van der Waals surface area contributed by atoms with E-state index in [1.807, 2.05) is 36.4 Å². The lowest BCUT2D eigenvalue weighted by Crippen LogP contribution is -2.05. The van der Waals surface area contributed by atoms with Gasteiger partial charge in [-0.2, -0.15) is 0 Å². The standard InChI is InChI=1S/C25H26N2O6/c1-3-30-24(28)11-7-16-5-9-20-18(13-16)26-22(32-20)15-23-27-19-14-17(6-10-21(19)33-23)8-12-25(29)31-4-2/h5-6,9-10,13-14H,3-4,7-8,11-12,15H2,1-2H3. The number of rotatable bonds is 10. The summed E-state index contributed by atoms with van der Waals surface area (Å²) in [4.78, 5) is 32.3. The molecular weight excluding hydrogens is 424 g/mol. The van der Waals surface area contributed by atoms with Crippen molar-refractivity contribution in [2.24, 2.45) is 0 Å². The molecule has 2 aromatic heterocycles. The van der Waals surface area contributed by atoms with Crippen molar-refractivity contribution in [2.45, 2.75) is 46.0 Å². The van der Waals surface area contributed by atoms with Crippen molar-refractivity contribution in [2.75, 3.05) is 13.2 Å². The van der Waals surface area contributed by atoms with Crippen LogP contribution in [0, 0.1) is 0 Å². The third kappa shape index (κ3) is 5.77. The SMILES string of the molecule is CCOC(=O)CCc1ccc2oc(Cc3nc4cc(CCC(=O)OCC)ccc4o3)nc2c1. The van der Waals surface area contributed by atoms with Crippen molar-refractivity contribution in [3.63, 3.8) is 0 Å². The maximum absolute atomic E-state index is 11.6. The van der Waals surface area contributed by atoms with Gasteiger partial charge >= 0.3 is 11.9 Å². The first-order valence-corrected chi connectivity index (χ1v) is 11.1. The first kappa shape index (κ1) is 22.5. The largest absolute Gasteiger partial charge is 0.466 e. The fourth-order valence-electron chi connectivity index (χ4n) is 3.59. The van der Waals surface area contributed by atoms with Gasteiger partial charge in [0.2, 0.25) is 11.8 Å². The molecule has 0 saturated carbocycles. The third-order valence-corrected chi connectivity index (χ3v) is 5.14. The van der Waals surface area contributed by atoms with Gasteiger partial charge in [0, 0.05) is 12.8 Å². The number of aryl methyl sites for hydroxylation is 2. The van der Waals surface area contributed by atoms with Gasteiger partial charge in [0.1, 0.15) is 17.5 Å². The number of hydrogen-bond acceptors (Lipinski definition) is 8. The first-order valence-electron chi connectivity index (χ1n) is 11.1. The number of fused-ring (bicyclic) bond motifs is 2. The average Bonchev–Trinajstić information content (AvgIpc) is 3.38. The van der Waals surface area contributed by atoms with Gasteiger partial charge in [0.05, 0.1) is 13.2 Å². The van der Waals surface area contributed by atoms with Crippen molar-refractivity contribution in [1.29, 1.82) is 0 Å². The molecule has 33 heavy (non-hydrogen) atoms. The Labute approximate surface area is 190 Å². The Balaban J connectivity index is 1.43. The van der Waals surface area contributed by atoms with E-state index >= 15 is 0 Å². The fourth-order valence-corrected chi connectivity index (χ4v) is 3.59. The molecule has 0 bridgehead atoms. The van der Waals surface area contributed by atoms with Gasteiger partial charge in [-0.3, -0.25) is 9.59 Å². The van der Waals surface area contributed by atoms with Crippen LogP contribution in [0.15, 0.2) is 45.2 Å². The molecule has 0 unspecified atom stereocenters. The zero-order chi connectivity index (χ0) is 23.2. The minimum atomic E-state index is -0.210. The molecular formula is C25H26N2O6. The van der Waals surface area contributed by atoms with E-state index in [-0.39, 0.29) is 11.9 Å². The summed E-state index contributed by atoms with van der Waals surface area (Å²) < 4.78 is 21.6. The van der Waals surface area contributed by atoms with Crippen molar-refractivity contribution in [3.05, 3.63) is 59.3 Å². The summed E-state index contributed by atoms with van der Waals surface area (Å²) >= 11 is 0. The molecule has 0 aliphatic heterocycles. The lowest BCUT2D eigenvalue weighted by molar-refractivity contribution is -0.144. The number of carbonyl (C=O) groups is 2. The number of nitrogens with zero attached hydrogens (tertiary/aromatic N) is 2. The Morgan fingerprint density at radius 1 is 0.758 bits per heavy atom. The maximum Gasteiger partial charge on any atom is 0.306 e. The number of oxazole rings is 2. The summed E-state index contributed by atoms with van der Waals surface area (Å²) in [6.45, 7) is 4.36. The zero-order valence-corrected chi connectivity index (χ0v) is 18.8. The third-order valence-electron chi connectivity index (χ3n) is 5.14. The van der Waals surface area contributed by atoms with Gasteiger partial charge in [0.15, 0.2) is 11.2 Å². The summed E-state index contributed by atoms with van der Waals surface area (Å²) in [5, 5.41) is 0. The molecule has 0 amide bonds. The van der Waals surface area contributed by atoms with E-state index in [9.17, 15) is 9.59 Å². The number of aromatic nitrogens is 2. The highest BCUT2D eigenvalue weighted by Gasteiger charge is 2.13. The second kappa shape index (κ2) is 10.3. The van der Waals surface area contributed by atoms with Crippen molar-refractivity contribution in [3.8, 4) is 0 Å². The second-order valence-corrected chi connectivity index (χ2v) is 7.61. The Bertz CT molecular complexity index is 1170. The van der Waals surface area contributed by atoms with Crippen LogP contribution in [-0.2, 0) is 38.3 Å². The highest BCUT2D eigenvalue weighted by Crippen LogP contribution is 2.23. The minimum absolute atomic E-state index is 0.210. The summed E-state index contributed by atoms with van der Waals surface area (Å²) in [5.41, 5.74) is 4.78. The number of hydrogen-bond donors (Lipinski definition) is 0. The summed E-state index contributed by atoms with van der Waals surface area (Å²) in [6, 6.07) is 11.4. The number of esters is 2. The molecule has 0 radical (unpaired) electrons. The summed E-state index contributed by atoms with van der Waals surface area (Å²) in [6.07, 6.45) is 2.14. The topological polar surface area (TPSA) is 105 Å². The van der Waals surface area contributed by atoms with E-state index in [0.29, 0.717) is 68.3 Å². The highest BCUT2D eigenvalue weighted by atomic mass is 16.5. The molecule has 0 aliphatic carbocycles. The molecule has 8 heteroatoms. The zero-order valence-electron chi connectivity index (χ0n) is 18.8. The second-order valence-electron chi connectivity index (χ2n) is 7.61. The molecule has 4 aromatic rings. The van der Waals surface area contributed by atoms with E-state index in [1.54, 1.807) is 13.8 Å². The predicted octanol–water partition coefficient (Wildman–Crippen LogP) is 4.55. The van der Waals surface area contributed by atoms with E-state index in [2.05, 4.69) is 9.97 Å². The molecule has 2 heterocycles. The summed E-state index contributed by atoms with van der Waals surface area (Å²) in [7, 11) is 0. The lowest BCUT2D eigenvalue weighted by atomic mass is 10.1. The molecule has 0 spiro atoms. The van der Waals surface area contributed by atoms with Gasteiger partial charge in [-0.1, -0.05) is 12.1 Å². The minimum Gasteiger partial charge on any atom is -0.466 e. The fraction of sp³-hybridized carbons (Fsp3) is 0.360. The van der Waals surface area contributed by atoms with Crippen LogP contribution in [0.3, 0.4) is 0 Å². The van der Waals surface area contributed by atoms with Crippen LogP contribution >= 0.6 is 0 Å². The van der Waals surface area contributed by atoms with Crippen molar-refractivity contribution >= 4 is 34.1 Å². The summed E-state index contributed by atoms with van der Waals surface area (Å²) in [5.74, 6) is 0.583. The smallest absolute Gasteiger partial charge is 0.306 e. The molecule has 0 fully saturated rings. The van der Waals surface area contributed by atoms with Crippen LogP contribution in [0.4, 0.5) is 0 Å². The van der Waals surface area contributed by atoms with Crippen LogP contribution in [0.25, 0.3) is 22.2 Å². The molecule has 2 aromatic carbocycles. The van der Waals surface area contributed by atoms with Crippen molar-refractivity contribution in [1.82, 2.24) is 9.97 Å². The molecule has 172 valence electrons. The van der Waals surface area contributed by atoms with Gasteiger partial charge in [-0.15, -0.1) is 0 Å². The van der Waals surface area contributed by atoms with Crippen LogP contribution in [0.5, 0.6) is 0 Å². The van der Waals surface area contributed by atoms with Crippen LogP contribution in [-0.4, -0.2) is 35.1 Å². The van der Waals surface area contributed by atoms with Crippen LogP contribution in [0.2, 0.25) is 0 Å². The Hall–Kier alpha value is -3.68. The van der Waals surface area contributed by atoms with Gasteiger partial charge < -0.3 is 18.3 Å². The maximum atomic E-state index is 11.6. The quantitative estimate of drug-likeness (QED) is 0.324. The van der Waals surface area contributed by atoms with Crippen molar-refractivity contribution < 1.29 is 27.9 Å². The Kier molecular flexibility index (Phi) is 7.02. The molecule has 0 N–H and O–H groups in total. The molecule has 0 saturated heterocycles. The van der Waals surface area contributed by atoms with E-state index < -0.39 is 0 Å². The van der Waals surface area contributed by atoms with Crippen LogP contribution in [0.1, 0.15) is 49.6 Å². The van der Waals surface area contributed by atoms with Gasteiger partial charge in [-0.25, -0.2) is 9.97 Å². The van der Waals surface area contributed by atoms with E-state index in [4.69, 9.17) is 18.3 Å². The van der Waals surface area contributed by atoms with Gasteiger partial charge in [0.25, 0.3) is 0 Å². The number of ether oxygens (including phenoxy) is 2. The molecule has 0 aliphatic rings. The normalized spacial score (nSPS) is 11.2. The first-order chi connectivity index (χ1) is 16.0. The van der Waals surface area contributed by atoms with E-state index in [1.165, 1.54) is 0 Å². The Morgan fingerprint density at radius 2 is 1.21 bits per heavy atom. The molecule has 8 nitrogen and oxygen atoms in total. The lowest BCUT2D eigenvalue weighted by Gasteiger charge is -2.01. The van der Waals surface area contributed by atoms with E-state index in [0.717, 1.165) is 22.2 Å². The molecule has 4 rings (SSSR count).